The zero-order valence-corrected chi connectivity index (χ0v) is 19.1. The number of fused-ring (bicyclic) bond motifs is 1. The molecule has 0 N–H and O–H groups in total. The van der Waals surface area contributed by atoms with E-state index in [1.807, 2.05) is 0 Å². The fraction of sp³-hybridized carbons (Fsp3) is 0.760. The van der Waals surface area contributed by atoms with Gasteiger partial charge in [-0.15, -0.1) is 0 Å². The molecule has 0 bridgehead atoms. The summed E-state index contributed by atoms with van der Waals surface area (Å²) < 4.78 is 2.09. The van der Waals surface area contributed by atoms with Crippen molar-refractivity contribution >= 4 is 11.2 Å². The van der Waals surface area contributed by atoms with Gasteiger partial charge in [0.15, 0.2) is 5.65 Å². The molecule has 2 aromatic rings. The van der Waals surface area contributed by atoms with Gasteiger partial charge in [-0.05, 0) is 55.4 Å². The molecular weight excluding hydrogens is 342 g/mol. The molecule has 3 rings (SSSR count). The summed E-state index contributed by atoms with van der Waals surface area (Å²) in [6.07, 6.45) is 17.5. The normalized spacial score (nSPS) is 24.3. The molecule has 0 saturated heterocycles. The van der Waals surface area contributed by atoms with E-state index in [-0.39, 0.29) is 0 Å². The second-order valence-corrected chi connectivity index (χ2v) is 10.9. The molecule has 2 heterocycles. The third-order valence-electron chi connectivity index (χ3n) is 6.82. The Morgan fingerprint density at radius 2 is 1.61 bits per heavy atom. The Balaban J connectivity index is 1.83. The van der Waals surface area contributed by atoms with Crippen molar-refractivity contribution in [2.75, 3.05) is 0 Å². The Kier molecular flexibility index (Phi) is 6.51. The molecule has 1 aliphatic carbocycles. The number of hydrogen-bond acceptors (Lipinski definition) is 2. The van der Waals surface area contributed by atoms with E-state index >= 15 is 0 Å². The van der Waals surface area contributed by atoms with Crippen molar-refractivity contribution in [1.82, 2.24) is 14.5 Å². The van der Waals surface area contributed by atoms with Crippen LogP contribution in [-0.2, 0) is 7.05 Å². The highest BCUT2D eigenvalue weighted by atomic mass is 15.0. The average Bonchev–Trinajstić information content (AvgIpc) is 2.89. The van der Waals surface area contributed by atoms with Gasteiger partial charge in [-0.3, -0.25) is 0 Å². The minimum absolute atomic E-state index is 0.385. The van der Waals surface area contributed by atoms with Crippen molar-refractivity contribution < 1.29 is 0 Å². The van der Waals surface area contributed by atoms with Gasteiger partial charge in [0.05, 0.1) is 11.9 Å². The molecule has 3 nitrogen and oxygen atoms in total. The number of rotatable bonds is 1. The smallest absolute Gasteiger partial charge is 0.158 e. The Morgan fingerprint density at radius 1 is 0.929 bits per heavy atom. The van der Waals surface area contributed by atoms with Crippen LogP contribution in [0, 0.1) is 17.8 Å². The average molecular weight is 384 g/mol. The molecule has 0 spiro atoms. The largest absolute Gasteiger partial charge is 0.334 e. The molecule has 0 aliphatic heterocycles. The van der Waals surface area contributed by atoms with Gasteiger partial charge in [0.1, 0.15) is 5.52 Å². The van der Waals surface area contributed by atoms with E-state index in [1.54, 1.807) is 0 Å². The lowest BCUT2D eigenvalue weighted by atomic mass is 9.70. The van der Waals surface area contributed by atoms with Gasteiger partial charge in [-0.25, -0.2) is 9.97 Å². The van der Waals surface area contributed by atoms with Crippen LogP contribution in [0.1, 0.15) is 109 Å². The third-order valence-corrected chi connectivity index (χ3v) is 6.82. The first kappa shape index (κ1) is 21.3. The zero-order valence-electron chi connectivity index (χ0n) is 19.1. The van der Waals surface area contributed by atoms with Crippen molar-refractivity contribution in [3.8, 4) is 0 Å². The van der Waals surface area contributed by atoms with Gasteiger partial charge in [0.2, 0.25) is 0 Å². The van der Waals surface area contributed by atoms with E-state index in [0.29, 0.717) is 16.7 Å². The monoisotopic (exact) mass is 383 g/mol. The minimum atomic E-state index is 0.385. The van der Waals surface area contributed by atoms with Gasteiger partial charge in [-0.2, -0.15) is 0 Å². The summed E-state index contributed by atoms with van der Waals surface area (Å²) in [5.41, 5.74) is 5.38. The van der Waals surface area contributed by atoms with Crippen molar-refractivity contribution in [2.24, 2.45) is 17.9 Å². The third kappa shape index (κ3) is 5.36. The van der Waals surface area contributed by atoms with Crippen LogP contribution in [0.3, 0.4) is 0 Å². The van der Waals surface area contributed by atoms with Gasteiger partial charge in [0.25, 0.3) is 0 Å². The lowest BCUT2D eigenvalue weighted by Gasteiger charge is -2.36. The summed E-state index contributed by atoms with van der Waals surface area (Å²) in [7, 11) is 2.06. The lowest BCUT2D eigenvalue weighted by Crippen LogP contribution is -2.24. The maximum Gasteiger partial charge on any atom is 0.158 e. The Morgan fingerprint density at radius 3 is 2.39 bits per heavy atom. The summed E-state index contributed by atoms with van der Waals surface area (Å²) >= 11 is 0. The Hall–Kier alpha value is -1.38. The topological polar surface area (TPSA) is 30.7 Å². The zero-order chi connectivity index (χ0) is 20.4. The van der Waals surface area contributed by atoms with Crippen LogP contribution >= 0.6 is 0 Å². The first-order chi connectivity index (χ1) is 13.2. The Bertz CT molecular complexity index is 784. The van der Waals surface area contributed by atoms with Crippen LogP contribution in [0.25, 0.3) is 11.2 Å². The Labute approximate surface area is 172 Å². The highest BCUT2D eigenvalue weighted by Gasteiger charge is 2.30. The van der Waals surface area contributed by atoms with E-state index in [1.165, 1.54) is 75.5 Å². The predicted molar refractivity (Wildman–Crippen MR) is 120 cm³/mol. The molecule has 2 aromatic heterocycles. The van der Waals surface area contributed by atoms with Crippen molar-refractivity contribution in [3.05, 3.63) is 23.7 Å². The van der Waals surface area contributed by atoms with Crippen molar-refractivity contribution in [3.63, 3.8) is 0 Å². The van der Waals surface area contributed by atoms with Crippen LogP contribution in [0.2, 0.25) is 0 Å². The van der Waals surface area contributed by atoms with Gasteiger partial charge in [0, 0.05) is 19.2 Å². The number of aryl methyl sites for hydroxylation is 2. The van der Waals surface area contributed by atoms with Crippen molar-refractivity contribution in [2.45, 2.75) is 105 Å². The molecular formula is C25H41N3. The standard InChI is InChI=1S/C25H41N3/c1-19-17-28(6)23-22(19)27-21(16-26-23)20-12-10-8-7-9-11-14-24(2,3)18-25(4,5)15-13-20/h16-17,20H,7-15,18H2,1-6H3. The predicted octanol–water partition coefficient (Wildman–Crippen LogP) is 7.33. The van der Waals surface area contributed by atoms with E-state index in [2.05, 4.69) is 58.6 Å². The SMILES string of the molecule is Cc1cn(C)c2ncc(C3CCCCCCCC(C)(C)CC(C)(C)CC3)nc12. The molecule has 1 atom stereocenters. The molecule has 0 aromatic carbocycles. The molecule has 3 heteroatoms. The van der Waals surface area contributed by atoms with Crippen LogP contribution in [0.15, 0.2) is 12.4 Å². The first-order valence-corrected chi connectivity index (χ1v) is 11.5. The molecule has 0 amide bonds. The minimum Gasteiger partial charge on any atom is -0.334 e. The molecule has 28 heavy (non-hydrogen) atoms. The molecule has 1 aliphatic rings. The van der Waals surface area contributed by atoms with Gasteiger partial charge in [-0.1, -0.05) is 59.8 Å². The second kappa shape index (κ2) is 8.55. The van der Waals surface area contributed by atoms with Gasteiger partial charge < -0.3 is 4.57 Å². The summed E-state index contributed by atoms with van der Waals surface area (Å²) in [5, 5.41) is 0. The van der Waals surface area contributed by atoms with Crippen LogP contribution in [0.5, 0.6) is 0 Å². The molecule has 0 radical (unpaired) electrons. The van der Waals surface area contributed by atoms with Crippen LogP contribution < -0.4 is 0 Å². The summed E-state index contributed by atoms with van der Waals surface area (Å²) in [4.78, 5) is 9.88. The van der Waals surface area contributed by atoms with Crippen molar-refractivity contribution in [1.29, 1.82) is 0 Å². The molecule has 156 valence electrons. The summed E-state index contributed by atoms with van der Waals surface area (Å²) in [6, 6.07) is 0. The van der Waals surface area contributed by atoms with Crippen LogP contribution in [-0.4, -0.2) is 14.5 Å². The van der Waals surface area contributed by atoms with E-state index in [4.69, 9.17) is 9.97 Å². The number of nitrogens with zero attached hydrogens (tertiary/aromatic N) is 3. The maximum atomic E-state index is 5.10. The molecule has 1 saturated carbocycles. The van der Waals surface area contributed by atoms with E-state index < -0.39 is 0 Å². The number of hydrogen-bond donors (Lipinski definition) is 0. The van der Waals surface area contributed by atoms with E-state index in [9.17, 15) is 0 Å². The summed E-state index contributed by atoms with van der Waals surface area (Å²) in [5.74, 6) is 0.541. The van der Waals surface area contributed by atoms with E-state index in [0.717, 1.165) is 11.2 Å². The van der Waals surface area contributed by atoms with Gasteiger partial charge >= 0.3 is 0 Å². The maximum absolute atomic E-state index is 5.10. The molecule has 1 fully saturated rings. The van der Waals surface area contributed by atoms with Crippen LogP contribution in [0.4, 0.5) is 0 Å². The number of aromatic nitrogens is 3. The second-order valence-electron chi connectivity index (χ2n) is 10.9. The molecule has 1 unspecified atom stereocenters. The highest BCUT2D eigenvalue weighted by Crippen LogP contribution is 2.42. The lowest BCUT2D eigenvalue weighted by molar-refractivity contribution is 0.162. The fourth-order valence-corrected chi connectivity index (χ4v) is 5.53. The highest BCUT2D eigenvalue weighted by molar-refractivity contribution is 5.75. The fourth-order valence-electron chi connectivity index (χ4n) is 5.53. The summed E-state index contributed by atoms with van der Waals surface area (Å²) in [6.45, 7) is 12.0. The first-order valence-electron chi connectivity index (χ1n) is 11.5. The quantitative estimate of drug-likeness (QED) is 0.516.